The molecule has 0 spiro atoms. The molecule has 0 unspecified atom stereocenters. The number of hydrogen-bond acceptors (Lipinski definition) is 6. The molecule has 12 heteroatoms. The Kier molecular flexibility index (Phi) is 15.0. The topological polar surface area (TPSA) is 122 Å². The number of carboxylic acids is 1. The fourth-order valence-corrected chi connectivity index (χ4v) is 2.20. The largest absolute Gasteiger partial charge is 0.490 e. The summed E-state index contributed by atoms with van der Waals surface area (Å²) >= 11 is 0. The van der Waals surface area contributed by atoms with Gasteiger partial charge in [-0.3, -0.25) is 19.3 Å². The molecule has 9 nitrogen and oxygen atoms in total. The van der Waals surface area contributed by atoms with E-state index in [0.29, 0.717) is 45.8 Å². The molecule has 1 aliphatic rings. The minimum absolute atomic E-state index is 0.00387. The van der Waals surface area contributed by atoms with E-state index >= 15 is 0 Å². The maximum absolute atomic E-state index is 11.6. The van der Waals surface area contributed by atoms with E-state index in [1.54, 1.807) is 0 Å². The highest BCUT2D eigenvalue weighted by Gasteiger charge is 2.38. The van der Waals surface area contributed by atoms with E-state index in [-0.39, 0.29) is 17.7 Å². The average Bonchev–Trinajstić information content (AvgIpc) is 3.01. The van der Waals surface area contributed by atoms with Crippen LogP contribution in [0.2, 0.25) is 0 Å². The van der Waals surface area contributed by atoms with Crippen molar-refractivity contribution >= 4 is 23.7 Å². The van der Waals surface area contributed by atoms with Crippen molar-refractivity contribution in [2.24, 2.45) is 0 Å². The lowest BCUT2D eigenvalue weighted by molar-refractivity contribution is -0.192. The lowest BCUT2D eigenvalue weighted by Crippen LogP contribution is -2.31. The zero-order valence-corrected chi connectivity index (χ0v) is 17.4. The highest BCUT2D eigenvalue weighted by atomic mass is 19.4. The van der Waals surface area contributed by atoms with Crippen LogP contribution in [0.1, 0.15) is 39.0 Å². The summed E-state index contributed by atoms with van der Waals surface area (Å²) in [6, 6.07) is 0. The number of unbranched alkanes of at least 4 members (excludes halogenated alkanes) is 2. The maximum atomic E-state index is 11.6. The summed E-state index contributed by atoms with van der Waals surface area (Å²) in [5.41, 5.74) is 0. The van der Waals surface area contributed by atoms with Crippen LogP contribution in [0.4, 0.5) is 13.2 Å². The normalized spacial score (nSPS) is 13.2. The number of aliphatic carboxylic acids is 1. The zero-order chi connectivity index (χ0) is 23.7. The number of carboxylic acid groups (broad SMARTS) is 1. The highest BCUT2D eigenvalue weighted by Crippen LogP contribution is 2.13. The number of halogens is 3. The van der Waals surface area contributed by atoms with Crippen LogP contribution in [0.15, 0.2) is 12.2 Å². The van der Waals surface area contributed by atoms with Crippen LogP contribution in [0.5, 0.6) is 0 Å². The summed E-state index contributed by atoms with van der Waals surface area (Å²) in [7, 11) is 0. The van der Waals surface area contributed by atoms with Crippen molar-refractivity contribution in [2.75, 3.05) is 39.5 Å². The van der Waals surface area contributed by atoms with Gasteiger partial charge in [-0.25, -0.2) is 4.79 Å². The third-order valence-corrected chi connectivity index (χ3v) is 3.72. The van der Waals surface area contributed by atoms with E-state index in [2.05, 4.69) is 12.2 Å². The third kappa shape index (κ3) is 15.0. The Labute approximate surface area is 178 Å². The van der Waals surface area contributed by atoms with Crippen LogP contribution < -0.4 is 5.32 Å². The Balaban J connectivity index is 0.00000110. The van der Waals surface area contributed by atoms with Crippen LogP contribution >= 0.6 is 0 Å². The van der Waals surface area contributed by atoms with Crippen LogP contribution in [0.25, 0.3) is 0 Å². The summed E-state index contributed by atoms with van der Waals surface area (Å²) in [6.07, 6.45) is 1.18. The Morgan fingerprint density at radius 1 is 1.00 bits per heavy atom. The van der Waals surface area contributed by atoms with Crippen molar-refractivity contribution in [1.82, 2.24) is 10.2 Å². The van der Waals surface area contributed by atoms with Gasteiger partial charge in [0.05, 0.1) is 19.8 Å². The van der Waals surface area contributed by atoms with Gasteiger partial charge in [-0.15, -0.1) is 0 Å². The summed E-state index contributed by atoms with van der Waals surface area (Å²) in [4.78, 5) is 44.4. The van der Waals surface area contributed by atoms with E-state index < -0.39 is 12.1 Å². The van der Waals surface area contributed by atoms with Gasteiger partial charge in [-0.2, -0.15) is 13.2 Å². The molecule has 0 fully saturated rings. The van der Waals surface area contributed by atoms with Gasteiger partial charge < -0.3 is 19.9 Å². The van der Waals surface area contributed by atoms with Crippen LogP contribution in [-0.4, -0.2) is 79.4 Å². The van der Waals surface area contributed by atoms with E-state index in [1.165, 1.54) is 17.1 Å². The van der Waals surface area contributed by atoms with Gasteiger partial charge in [0.1, 0.15) is 0 Å². The smallest absolute Gasteiger partial charge is 0.475 e. The Hall–Kier alpha value is -2.47. The molecule has 0 saturated heterocycles. The number of carbonyl (C=O) groups excluding carboxylic acids is 3. The quantitative estimate of drug-likeness (QED) is 0.302. The van der Waals surface area contributed by atoms with Crippen LogP contribution in [0.3, 0.4) is 0 Å². The molecule has 0 aromatic carbocycles. The number of carbonyl (C=O) groups is 4. The van der Waals surface area contributed by atoms with Crippen molar-refractivity contribution in [2.45, 2.75) is 45.2 Å². The lowest BCUT2D eigenvalue weighted by Gasteiger charge is -2.13. The number of alkyl halides is 3. The van der Waals surface area contributed by atoms with Crippen molar-refractivity contribution < 1.29 is 46.9 Å². The van der Waals surface area contributed by atoms with Gasteiger partial charge >= 0.3 is 12.1 Å². The average molecular weight is 454 g/mol. The Morgan fingerprint density at radius 2 is 1.55 bits per heavy atom. The van der Waals surface area contributed by atoms with E-state index in [4.69, 9.17) is 19.4 Å². The van der Waals surface area contributed by atoms with Crippen molar-refractivity contribution in [1.29, 1.82) is 0 Å². The van der Waals surface area contributed by atoms with Gasteiger partial charge in [0, 0.05) is 38.3 Å². The van der Waals surface area contributed by atoms with E-state index in [1.807, 2.05) is 0 Å². The molecule has 1 rings (SSSR count). The lowest BCUT2D eigenvalue weighted by atomic mass is 10.2. The van der Waals surface area contributed by atoms with Crippen LogP contribution in [0, 0.1) is 0 Å². The minimum atomic E-state index is -5.08. The molecule has 0 bridgehead atoms. The molecule has 31 heavy (non-hydrogen) atoms. The SMILES string of the molecule is CCCOCCOCCNC(=O)CCCCCN1C(=O)C=CC1=O.O=C(O)C(F)(F)F. The van der Waals surface area contributed by atoms with Gasteiger partial charge in [-0.1, -0.05) is 13.3 Å². The predicted octanol–water partition coefficient (Wildman–Crippen LogP) is 1.66. The van der Waals surface area contributed by atoms with Gasteiger partial charge in [0.15, 0.2) is 0 Å². The molecule has 0 atom stereocenters. The second-order valence-electron chi connectivity index (χ2n) is 6.35. The second-order valence-corrected chi connectivity index (χ2v) is 6.35. The molecule has 0 aromatic rings. The molecule has 0 radical (unpaired) electrons. The van der Waals surface area contributed by atoms with Crippen molar-refractivity contribution in [3.63, 3.8) is 0 Å². The first kappa shape index (κ1) is 28.5. The summed E-state index contributed by atoms with van der Waals surface area (Å²) in [6.45, 7) is 5.32. The maximum Gasteiger partial charge on any atom is 0.490 e. The molecule has 0 aliphatic carbocycles. The fraction of sp³-hybridized carbons (Fsp3) is 0.684. The molecule has 0 aromatic heterocycles. The summed E-state index contributed by atoms with van der Waals surface area (Å²) < 4.78 is 42.3. The minimum Gasteiger partial charge on any atom is -0.475 e. The number of ether oxygens (including phenoxy) is 2. The van der Waals surface area contributed by atoms with Crippen molar-refractivity contribution in [3.05, 3.63) is 12.2 Å². The summed E-state index contributed by atoms with van der Waals surface area (Å²) in [5, 5.41) is 9.92. The first-order valence-electron chi connectivity index (χ1n) is 9.85. The predicted molar refractivity (Wildman–Crippen MR) is 103 cm³/mol. The molecule has 2 N–H and O–H groups in total. The molecule has 1 aliphatic heterocycles. The fourth-order valence-electron chi connectivity index (χ4n) is 2.20. The first-order chi connectivity index (χ1) is 14.6. The number of nitrogens with one attached hydrogen (secondary N) is 1. The number of imide groups is 1. The molecule has 3 amide bonds. The molecule has 0 saturated carbocycles. The van der Waals surface area contributed by atoms with Gasteiger partial charge in [-0.05, 0) is 19.3 Å². The number of amides is 3. The first-order valence-corrected chi connectivity index (χ1v) is 9.85. The Bertz CT molecular complexity index is 592. The highest BCUT2D eigenvalue weighted by molar-refractivity contribution is 6.12. The van der Waals surface area contributed by atoms with E-state index in [0.717, 1.165) is 25.9 Å². The van der Waals surface area contributed by atoms with Gasteiger partial charge in [0.2, 0.25) is 5.91 Å². The molecule has 1 heterocycles. The monoisotopic (exact) mass is 454 g/mol. The van der Waals surface area contributed by atoms with Crippen LogP contribution in [-0.2, 0) is 28.7 Å². The van der Waals surface area contributed by atoms with Crippen molar-refractivity contribution in [3.8, 4) is 0 Å². The molecular formula is C19H29F3N2O7. The number of nitrogens with zero attached hydrogens (tertiary/aromatic N) is 1. The zero-order valence-electron chi connectivity index (χ0n) is 17.4. The molecular weight excluding hydrogens is 425 g/mol. The third-order valence-electron chi connectivity index (χ3n) is 3.72. The van der Waals surface area contributed by atoms with E-state index in [9.17, 15) is 27.6 Å². The molecule has 178 valence electrons. The summed E-state index contributed by atoms with van der Waals surface area (Å²) in [5.74, 6) is -3.26. The Morgan fingerprint density at radius 3 is 2.06 bits per heavy atom. The van der Waals surface area contributed by atoms with Gasteiger partial charge in [0.25, 0.3) is 11.8 Å². The standard InChI is InChI=1S/C17H28N2O5.C2HF3O2/c1-2-11-23-13-14-24-12-9-18-15(20)6-4-3-5-10-19-16(21)7-8-17(19)22;3-2(4,5)1(6)7/h7-8H,2-6,9-14H2,1H3,(H,18,20);(H,6,7). The second kappa shape index (κ2) is 16.3. The number of hydrogen-bond donors (Lipinski definition) is 2. The number of rotatable bonds is 14.